The van der Waals surface area contributed by atoms with Crippen LogP contribution in [-0.2, 0) is 19.1 Å². The fourth-order valence-electron chi connectivity index (χ4n) is 2.29. The number of ether oxygens (including phenoxy) is 1. The van der Waals surface area contributed by atoms with E-state index >= 15 is 0 Å². The quantitative estimate of drug-likeness (QED) is 0.758. The Morgan fingerprint density at radius 2 is 1.90 bits per heavy atom. The summed E-state index contributed by atoms with van der Waals surface area (Å²) in [6, 6.07) is 0. The Morgan fingerprint density at radius 3 is 2.45 bits per heavy atom. The summed E-state index contributed by atoms with van der Waals surface area (Å²) in [7, 11) is 0. The van der Waals surface area contributed by atoms with Crippen molar-refractivity contribution < 1.29 is 33.0 Å². The van der Waals surface area contributed by atoms with E-state index in [1.165, 1.54) is 6.92 Å². The van der Waals surface area contributed by atoms with Crippen LogP contribution >= 0.6 is 0 Å². The van der Waals surface area contributed by atoms with Crippen LogP contribution in [0, 0.1) is 11.8 Å². The number of halogens is 2. The molecule has 0 heterocycles. The van der Waals surface area contributed by atoms with Gasteiger partial charge in [0, 0.05) is 12.8 Å². The predicted octanol–water partition coefficient (Wildman–Crippen LogP) is -0.185. The lowest BCUT2D eigenvalue weighted by Crippen LogP contribution is -2.46. The summed E-state index contributed by atoms with van der Waals surface area (Å²) in [6.45, 7) is 0.605. The maximum atomic E-state index is 12.8. The highest BCUT2D eigenvalue weighted by Crippen LogP contribution is 2.31. The number of carboxylic acids is 1. The maximum Gasteiger partial charge on any atom is 0.397 e. The van der Waals surface area contributed by atoms with Crippen LogP contribution < -0.4 is 10.4 Å². The van der Waals surface area contributed by atoms with Gasteiger partial charge in [0.2, 0.25) is 11.8 Å². The van der Waals surface area contributed by atoms with E-state index in [9.17, 15) is 28.3 Å². The van der Waals surface area contributed by atoms with E-state index in [0.29, 0.717) is 12.8 Å². The molecule has 2 unspecified atom stereocenters. The van der Waals surface area contributed by atoms with Gasteiger partial charge in [-0.3, -0.25) is 14.9 Å². The first-order valence-corrected chi connectivity index (χ1v) is 6.28. The summed E-state index contributed by atoms with van der Waals surface area (Å²) in [4.78, 5) is 32.8. The van der Waals surface area contributed by atoms with Crippen LogP contribution in [0.25, 0.3) is 0 Å². The van der Waals surface area contributed by atoms with E-state index in [1.54, 1.807) is 0 Å². The van der Waals surface area contributed by atoms with Crippen LogP contribution in [-0.4, -0.2) is 30.5 Å². The number of hydrogen-bond acceptors (Lipinski definition) is 5. The number of carbonyl (C=O) groups excluding carboxylic acids is 3. The van der Waals surface area contributed by atoms with Crippen LogP contribution in [0.15, 0.2) is 0 Å². The third-order valence-electron chi connectivity index (χ3n) is 3.26. The standard InChI is InChI=1S/C12H17F2NO5/c1-7(16)15-10(17)9-5-3-2-4-8(9)6-20-12(13,14)11(18)19/h8-9H,2-6H2,1H3,(H,18,19)(H,15,16,17)/p-1. The van der Waals surface area contributed by atoms with Gasteiger partial charge in [-0.15, -0.1) is 0 Å². The molecule has 0 spiro atoms. The number of amides is 2. The lowest BCUT2D eigenvalue weighted by atomic mass is 9.79. The van der Waals surface area contributed by atoms with E-state index in [2.05, 4.69) is 10.1 Å². The van der Waals surface area contributed by atoms with Crippen LogP contribution in [0.5, 0.6) is 0 Å². The third-order valence-corrected chi connectivity index (χ3v) is 3.26. The molecule has 1 N–H and O–H groups in total. The number of carboxylic acid groups (broad SMARTS) is 1. The Hall–Kier alpha value is -1.57. The summed E-state index contributed by atoms with van der Waals surface area (Å²) >= 11 is 0. The van der Waals surface area contributed by atoms with E-state index < -0.39 is 42.3 Å². The van der Waals surface area contributed by atoms with Crippen molar-refractivity contribution in [1.29, 1.82) is 0 Å². The minimum atomic E-state index is -4.38. The Labute approximate surface area is 114 Å². The highest BCUT2D eigenvalue weighted by Gasteiger charge is 2.37. The second-order valence-electron chi connectivity index (χ2n) is 4.81. The minimum absolute atomic E-state index is 0.448. The van der Waals surface area contributed by atoms with Crippen LogP contribution in [0.1, 0.15) is 32.6 Å². The fraction of sp³-hybridized carbons (Fsp3) is 0.750. The average Bonchev–Trinajstić information content (AvgIpc) is 2.35. The molecular formula is C12H16F2NO5-. The van der Waals surface area contributed by atoms with E-state index in [0.717, 1.165) is 12.8 Å². The van der Waals surface area contributed by atoms with E-state index in [4.69, 9.17) is 0 Å². The first-order chi connectivity index (χ1) is 9.24. The smallest absolute Gasteiger partial charge is 0.397 e. The Morgan fingerprint density at radius 1 is 1.30 bits per heavy atom. The highest BCUT2D eigenvalue weighted by molar-refractivity contribution is 5.95. The molecule has 0 radical (unpaired) electrons. The van der Waals surface area contributed by atoms with Crippen molar-refractivity contribution in [3.8, 4) is 0 Å². The van der Waals surface area contributed by atoms with Crippen LogP contribution in [0.4, 0.5) is 8.78 Å². The van der Waals surface area contributed by atoms with Crippen molar-refractivity contribution in [3.05, 3.63) is 0 Å². The Balaban J connectivity index is 2.63. The number of imide groups is 1. The molecule has 0 aromatic heterocycles. The molecule has 0 aromatic rings. The van der Waals surface area contributed by atoms with Gasteiger partial charge in [0.25, 0.3) is 0 Å². The Bertz CT molecular complexity index is 399. The molecule has 114 valence electrons. The molecule has 0 saturated heterocycles. The molecule has 0 bridgehead atoms. The van der Waals surface area contributed by atoms with E-state index in [1.807, 2.05) is 0 Å². The lowest BCUT2D eigenvalue weighted by molar-refractivity contribution is -0.364. The zero-order valence-corrected chi connectivity index (χ0v) is 11.0. The molecule has 0 aromatic carbocycles. The fourth-order valence-corrected chi connectivity index (χ4v) is 2.29. The topological polar surface area (TPSA) is 95.5 Å². The van der Waals surface area contributed by atoms with Crippen molar-refractivity contribution in [2.45, 2.75) is 38.7 Å². The number of nitrogens with one attached hydrogen (secondary N) is 1. The number of carbonyl (C=O) groups is 3. The van der Waals surface area contributed by atoms with Gasteiger partial charge in [-0.05, 0) is 18.8 Å². The molecule has 1 aliphatic carbocycles. The first-order valence-electron chi connectivity index (χ1n) is 6.28. The first kappa shape index (κ1) is 16.5. The highest BCUT2D eigenvalue weighted by atomic mass is 19.3. The van der Waals surface area contributed by atoms with Crippen molar-refractivity contribution in [2.75, 3.05) is 6.61 Å². The molecule has 1 fully saturated rings. The maximum absolute atomic E-state index is 12.8. The van der Waals surface area contributed by atoms with Crippen molar-refractivity contribution >= 4 is 17.8 Å². The van der Waals surface area contributed by atoms with Crippen molar-refractivity contribution in [3.63, 3.8) is 0 Å². The number of aliphatic carboxylic acids is 1. The number of hydrogen-bond donors (Lipinski definition) is 1. The molecule has 6 nitrogen and oxygen atoms in total. The van der Waals surface area contributed by atoms with Gasteiger partial charge < -0.3 is 14.6 Å². The predicted molar refractivity (Wildman–Crippen MR) is 60.2 cm³/mol. The van der Waals surface area contributed by atoms with Gasteiger partial charge in [-0.25, -0.2) is 0 Å². The number of alkyl halides is 2. The summed E-state index contributed by atoms with van der Waals surface area (Å²) in [6.07, 6.45) is -2.00. The molecule has 2 amide bonds. The molecule has 0 aliphatic heterocycles. The minimum Gasteiger partial charge on any atom is -0.542 e. The van der Waals surface area contributed by atoms with Gasteiger partial charge in [0.05, 0.1) is 6.61 Å². The molecule has 8 heteroatoms. The van der Waals surface area contributed by atoms with Crippen LogP contribution in [0.3, 0.4) is 0 Å². The molecule has 2 atom stereocenters. The second-order valence-corrected chi connectivity index (χ2v) is 4.81. The Kier molecular flexibility index (Phi) is 5.55. The zero-order valence-electron chi connectivity index (χ0n) is 11.0. The summed E-state index contributed by atoms with van der Waals surface area (Å²) < 4.78 is 29.7. The van der Waals surface area contributed by atoms with Gasteiger partial charge in [-0.2, -0.15) is 8.78 Å². The van der Waals surface area contributed by atoms with Gasteiger partial charge in [0.1, 0.15) is 5.97 Å². The van der Waals surface area contributed by atoms with Crippen molar-refractivity contribution in [2.24, 2.45) is 11.8 Å². The second kappa shape index (κ2) is 6.74. The van der Waals surface area contributed by atoms with Gasteiger partial charge >= 0.3 is 6.11 Å². The van der Waals surface area contributed by atoms with Gasteiger partial charge in [-0.1, -0.05) is 12.8 Å². The normalized spacial score (nSPS) is 23.1. The molecule has 1 saturated carbocycles. The summed E-state index contributed by atoms with van der Waals surface area (Å²) in [5.74, 6) is -4.86. The average molecular weight is 292 g/mol. The SMILES string of the molecule is CC(=O)NC(=O)C1CCCCC1COC(F)(F)C(=O)[O-]. The monoisotopic (exact) mass is 292 g/mol. The van der Waals surface area contributed by atoms with Gasteiger partial charge in [0.15, 0.2) is 0 Å². The van der Waals surface area contributed by atoms with E-state index in [-0.39, 0.29) is 0 Å². The van der Waals surface area contributed by atoms with Crippen LogP contribution in [0.2, 0.25) is 0 Å². The molecule has 1 aliphatic rings. The number of rotatable bonds is 5. The summed E-state index contributed by atoms with van der Waals surface area (Å²) in [5, 5.41) is 12.3. The lowest BCUT2D eigenvalue weighted by Gasteiger charge is -2.31. The van der Waals surface area contributed by atoms with Crippen molar-refractivity contribution in [1.82, 2.24) is 5.32 Å². The zero-order chi connectivity index (χ0) is 15.3. The molecule has 20 heavy (non-hydrogen) atoms. The summed E-state index contributed by atoms with van der Waals surface area (Å²) in [5.41, 5.74) is 0. The molecular weight excluding hydrogens is 276 g/mol. The largest absolute Gasteiger partial charge is 0.542 e. The molecule has 1 rings (SSSR count). The third kappa shape index (κ3) is 4.52.